The van der Waals surface area contributed by atoms with Gasteiger partial charge in [0.25, 0.3) is 11.6 Å². The number of hydrazone groups is 1. The maximum absolute atomic E-state index is 13.5. The number of furan rings is 1. The highest BCUT2D eigenvalue weighted by Gasteiger charge is 2.23. The molecule has 0 aliphatic carbocycles. The molecule has 0 radical (unpaired) electrons. The summed E-state index contributed by atoms with van der Waals surface area (Å²) >= 11 is 2.61. The molecule has 0 bridgehead atoms. The van der Waals surface area contributed by atoms with Crippen LogP contribution < -0.4 is 5.01 Å². The molecule has 10 heteroatoms. The minimum Gasteiger partial charge on any atom is -0.463 e. The topological polar surface area (TPSA) is 102 Å². The summed E-state index contributed by atoms with van der Waals surface area (Å²) in [6, 6.07) is 15.5. The third kappa shape index (κ3) is 3.77. The van der Waals surface area contributed by atoms with E-state index in [1.807, 2.05) is 25.1 Å². The molecule has 1 amide bonds. The second-order valence-electron chi connectivity index (χ2n) is 6.93. The van der Waals surface area contributed by atoms with Crippen molar-refractivity contribution in [2.75, 3.05) is 5.01 Å². The zero-order chi connectivity index (χ0) is 22.2. The molecule has 2 aromatic carbocycles. The van der Waals surface area contributed by atoms with E-state index in [1.165, 1.54) is 52.3 Å². The summed E-state index contributed by atoms with van der Waals surface area (Å²) in [6.07, 6.45) is 2.97. The van der Waals surface area contributed by atoms with Gasteiger partial charge in [0.2, 0.25) is 5.13 Å². The number of aryl methyl sites for hydroxylation is 1. The van der Waals surface area contributed by atoms with Crippen LogP contribution in [0.3, 0.4) is 0 Å². The molecule has 0 aliphatic rings. The first-order chi connectivity index (χ1) is 15.5. The van der Waals surface area contributed by atoms with Gasteiger partial charge >= 0.3 is 0 Å². The Labute approximate surface area is 189 Å². The molecule has 0 unspecified atom stereocenters. The Morgan fingerprint density at radius 3 is 2.81 bits per heavy atom. The second kappa shape index (κ2) is 7.98. The SMILES string of the molecule is Cc1ccc2nc(N(/N=C/c3ccco3)C(=O)c3cc4cc([N+](=O)[O-])ccc4s3)sc2c1. The Morgan fingerprint density at radius 1 is 1.16 bits per heavy atom. The first-order valence-electron chi connectivity index (χ1n) is 9.45. The molecule has 0 atom stereocenters. The Bertz CT molecular complexity index is 1500. The van der Waals surface area contributed by atoms with Crippen molar-refractivity contribution in [1.29, 1.82) is 0 Å². The van der Waals surface area contributed by atoms with Crippen LogP contribution in [0, 0.1) is 17.0 Å². The van der Waals surface area contributed by atoms with Crippen LogP contribution in [0.4, 0.5) is 10.8 Å². The van der Waals surface area contributed by atoms with E-state index >= 15 is 0 Å². The summed E-state index contributed by atoms with van der Waals surface area (Å²) < 4.78 is 7.01. The quantitative estimate of drug-likeness (QED) is 0.181. The predicted octanol–water partition coefficient (Wildman–Crippen LogP) is 6.00. The fourth-order valence-electron chi connectivity index (χ4n) is 3.13. The third-order valence-corrected chi connectivity index (χ3v) is 6.77. The third-order valence-electron chi connectivity index (χ3n) is 4.67. The zero-order valence-corrected chi connectivity index (χ0v) is 18.2. The van der Waals surface area contributed by atoms with Crippen LogP contribution in [0.1, 0.15) is 21.0 Å². The van der Waals surface area contributed by atoms with Crippen molar-refractivity contribution < 1.29 is 14.1 Å². The van der Waals surface area contributed by atoms with Crippen LogP contribution in [0.15, 0.2) is 70.4 Å². The van der Waals surface area contributed by atoms with E-state index in [0.717, 1.165) is 20.5 Å². The van der Waals surface area contributed by atoms with E-state index in [-0.39, 0.29) is 11.6 Å². The molecule has 0 spiro atoms. The number of thiazole rings is 1. The van der Waals surface area contributed by atoms with E-state index in [9.17, 15) is 14.9 Å². The standard InChI is InChI=1S/C22H14N4O4S2/c1-13-4-6-17-19(9-13)32-22(24-17)25(23-12-16-3-2-8-30-16)21(27)20-11-14-10-15(26(28)29)5-7-18(14)31-20/h2-12H,1H3/b23-12+. The lowest BCUT2D eigenvalue weighted by atomic mass is 10.2. The number of anilines is 1. The lowest BCUT2D eigenvalue weighted by molar-refractivity contribution is -0.384. The molecule has 32 heavy (non-hydrogen) atoms. The molecule has 5 aromatic rings. The van der Waals surface area contributed by atoms with Crippen molar-refractivity contribution in [3.63, 3.8) is 0 Å². The molecule has 0 fully saturated rings. The normalized spacial score (nSPS) is 11.5. The Morgan fingerprint density at radius 2 is 2.03 bits per heavy atom. The van der Waals surface area contributed by atoms with Crippen LogP contribution in [-0.4, -0.2) is 22.0 Å². The van der Waals surface area contributed by atoms with Gasteiger partial charge in [0, 0.05) is 22.2 Å². The number of non-ortho nitro benzene ring substituents is 1. The maximum atomic E-state index is 13.5. The molecular weight excluding hydrogens is 448 g/mol. The minimum atomic E-state index is -0.457. The number of hydrogen-bond acceptors (Lipinski definition) is 8. The van der Waals surface area contributed by atoms with Crippen molar-refractivity contribution in [3.8, 4) is 0 Å². The fourth-order valence-corrected chi connectivity index (χ4v) is 5.12. The summed E-state index contributed by atoms with van der Waals surface area (Å²) in [5.74, 6) is 0.110. The van der Waals surface area contributed by atoms with Crippen molar-refractivity contribution >= 4 is 65.9 Å². The van der Waals surface area contributed by atoms with Gasteiger partial charge in [0.05, 0.1) is 32.5 Å². The number of amides is 1. The van der Waals surface area contributed by atoms with E-state index in [1.54, 1.807) is 24.3 Å². The molecule has 3 aromatic heterocycles. The lowest BCUT2D eigenvalue weighted by Gasteiger charge is -2.12. The highest BCUT2D eigenvalue weighted by molar-refractivity contribution is 7.23. The monoisotopic (exact) mass is 462 g/mol. The number of nitrogens with zero attached hydrogens (tertiary/aromatic N) is 4. The van der Waals surface area contributed by atoms with E-state index in [0.29, 0.717) is 21.2 Å². The molecule has 0 saturated heterocycles. The summed E-state index contributed by atoms with van der Waals surface area (Å²) in [5, 5.41) is 17.7. The number of hydrogen-bond donors (Lipinski definition) is 0. The Kier molecular flexibility index (Phi) is 5.00. The fraction of sp³-hybridized carbons (Fsp3) is 0.0455. The maximum Gasteiger partial charge on any atom is 0.290 e. The first-order valence-corrected chi connectivity index (χ1v) is 11.1. The van der Waals surface area contributed by atoms with E-state index in [4.69, 9.17) is 4.42 Å². The van der Waals surface area contributed by atoms with Gasteiger partial charge in [-0.05, 0) is 48.9 Å². The lowest BCUT2D eigenvalue weighted by Crippen LogP contribution is -2.24. The van der Waals surface area contributed by atoms with E-state index in [2.05, 4.69) is 10.1 Å². The number of carbonyl (C=O) groups excluding carboxylic acids is 1. The Balaban J connectivity index is 1.57. The van der Waals surface area contributed by atoms with Crippen molar-refractivity contribution in [3.05, 3.63) is 87.2 Å². The molecule has 5 rings (SSSR count). The molecule has 158 valence electrons. The number of benzene rings is 2. The van der Waals surface area contributed by atoms with Gasteiger partial charge in [-0.2, -0.15) is 10.1 Å². The largest absolute Gasteiger partial charge is 0.463 e. The number of fused-ring (bicyclic) bond motifs is 2. The number of nitro benzene ring substituents is 1. The molecule has 0 N–H and O–H groups in total. The molecular formula is C22H14N4O4S2. The smallest absolute Gasteiger partial charge is 0.290 e. The highest BCUT2D eigenvalue weighted by Crippen LogP contribution is 2.34. The second-order valence-corrected chi connectivity index (χ2v) is 9.03. The molecule has 0 saturated carbocycles. The molecule has 0 aliphatic heterocycles. The van der Waals surface area contributed by atoms with Gasteiger partial charge in [-0.3, -0.25) is 14.9 Å². The summed E-state index contributed by atoms with van der Waals surface area (Å²) in [6.45, 7) is 1.99. The summed E-state index contributed by atoms with van der Waals surface area (Å²) in [5.41, 5.74) is 1.84. The summed E-state index contributed by atoms with van der Waals surface area (Å²) in [4.78, 5) is 29.1. The highest BCUT2D eigenvalue weighted by atomic mass is 32.1. The van der Waals surface area contributed by atoms with Crippen molar-refractivity contribution in [2.24, 2.45) is 5.10 Å². The average Bonchev–Trinajstić information content (AvgIpc) is 3.52. The van der Waals surface area contributed by atoms with Crippen LogP contribution in [0.2, 0.25) is 0 Å². The van der Waals surface area contributed by atoms with Crippen molar-refractivity contribution in [2.45, 2.75) is 6.92 Å². The number of nitro groups is 1. The number of carbonyl (C=O) groups is 1. The Hall–Kier alpha value is -3.89. The predicted molar refractivity (Wildman–Crippen MR) is 126 cm³/mol. The van der Waals surface area contributed by atoms with Gasteiger partial charge in [0.15, 0.2) is 0 Å². The molecule has 8 nitrogen and oxygen atoms in total. The van der Waals surface area contributed by atoms with Gasteiger partial charge in [-0.25, -0.2) is 4.98 Å². The van der Waals surface area contributed by atoms with Gasteiger partial charge in [-0.1, -0.05) is 17.4 Å². The van der Waals surface area contributed by atoms with Crippen LogP contribution in [0.25, 0.3) is 20.3 Å². The van der Waals surface area contributed by atoms with Gasteiger partial charge < -0.3 is 4.42 Å². The van der Waals surface area contributed by atoms with Crippen LogP contribution in [0.5, 0.6) is 0 Å². The van der Waals surface area contributed by atoms with Crippen molar-refractivity contribution in [1.82, 2.24) is 4.98 Å². The van der Waals surface area contributed by atoms with Crippen LogP contribution >= 0.6 is 22.7 Å². The number of rotatable bonds is 5. The number of thiophene rings is 1. The van der Waals surface area contributed by atoms with Gasteiger partial charge in [-0.15, -0.1) is 11.3 Å². The zero-order valence-electron chi connectivity index (χ0n) is 16.6. The van der Waals surface area contributed by atoms with Gasteiger partial charge in [0.1, 0.15) is 5.76 Å². The summed E-state index contributed by atoms with van der Waals surface area (Å²) in [7, 11) is 0. The minimum absolute atomic E-state index is 0.0245. The first kappa shape index (κ1) is 20.0. The average molecular weight is 463 g/mol. The van der Waals surface area contributed by atoms with E-state index < -0.39 is 4.92 Å². The van der Waals surface area contributed by atoms with Crippen LogP contribution in [-0.2, 0) is 0 Å². The molecule has 3 heterocycles. The number of aromatic nitrogens is 1.